The molecular weight excluding hydrogens is 510 g/mol. The van der Waals surface area contributed by atoms with Crippen LogP contribution in [0.1, 0.15) is 64.0 Å². The molecular formula is C30H36F2N8. The van der Waals surface area contributed by atoms with E-state index in [-0.39, 0.29) is 29.2 Å². The lowest BCUT2D eigenvalue weighted by Gasteiger charge is -2.53. The van der Waals surface area contributed by atoms with Crippen molar-refractivity contribution in [2.75, 3.05) is 25.0 Å². The zero-order valence-electron chi connectivity index (χ0n) is 23.7. The normalized spacial score (nSPS) is 20.5. The summed E-state index contributed by atoms with van der Waals surface area (Å²) in [5.41, 5.74) is 2.36. The van der Waals surface area contributed by atoms with E-state index in [0.717, 1.165) is 31.4 Å². The summed E-state index contributed by atoms with van der Waals surface area (Å²) in [5, 5.41) is 3.08. The van der Waals surface area contributed by atoms with Crippen LogP contribution in [0.15, 0.2) is 36.7 Å². The minimum absolute atomic E-state index is 0.0129. The predicted molar refractivity (Wildman–Crippen MR) is 152 cm³/mol. The van der Waals surface area contributed by atoms with Crippen molar-refractivity contribution < 1.29 is 8.78 Å². The molecule has 4 aromatic rings. The fourth-order valence-electron chi connectivity index (χ4n) is 6.53. The molecule has 0 spiro atoms. The molecule has 10 heteroatoms. The summed E-state index contributed by atoms with van der Waals surface area (Å²) in [7, 11) is 0. The Kier molecular flexibility index (Phi) is 7.00. The molecule has 8 nitrogen and oxygen atoms in total. The maximum atomic E-state index is 15.0. The first-order valence-corrected chi connectivity index (χ1v) is 14.2. The van der Waals surface area contributed by atoms with Crippen LogP contribution in [0.5, 0.6) is 0 Å². The molecule has 3 saturated heterocycles. The van der Waals surface area contributed by atoms with Crippen LogP contribution in [-0.2, 0) is 0 Å². The molecule has 6 heterocycles. The number of nitrogens with zero attached hydrogens (tertiary/aromatic N) is 7. The smallest absolute Gasteiger partial charge is 0.229 e. The number of anilines is 2. The van der Waals surface area contributed by atoms with Gasteiger partial charge in [0.15, 0.2) is 11.6 Å². The zero-order valence-corrected chi connectivity index (χ0v) is 23.7. The van der Waals surface area contributed by atoms with Gasteiger partial charge < -0.3 is 9.88 Å². The minimum atomic E-state index is -0.633. The second kappa shape index (κ2) is 10.5. The number of hydrogen-bond acceptors (Lipinski definition) is 7. The average molecular weight is 547 g/mol. The van der Waals surface area contributed by atoms with Crippen molar-refractivity contribution in [1.82, 2.24) is 34.3 Å². The lowest BCUT2D eigenvalue weighted by atomic mass is 9.88. The summed E-state index contributed by atoms with van der Waals surface area (Å²) in [4.78, 5) is 22.7. The summed E-state index contributed by atoms with van der Waals surface area (Å²) in [6.45, 7) is 13.7. The Labute approximate surface area is 233 Å². The first-order valence-electron chi connectivity index (χ1n) is 14.2. The van der Waals surface area contributed by atoms with E-state index in [4.69, 9.17) is 0 Å². The van der Waals surface area contributed by atoms with E-state index >= 15 is 4.39 Å². The second-order valence-electron chi connectivity index (χ2n) is 11.3. The SMILES string of the molecule is CCN1CC2CCC1CN2[C@@H](C)c1ccc(Nc2ncc(F)c(-c3cc(F)c4nc(C)n(C(C)C)c4c3)n2)nc1. The third-order valence-electron chi connectivity index (χ3n) is 8.56. The van der Waals surface area contributed by atoms with Crippen LogP contribution in [0.3, 0.4) is 0 Å². The fraction of sp³-hybridized carbons (Fsp3) is 0.467. The Bertz CT molecular complexity index is 1530. The first kappa shape index (κ1) is 26.7. The standard InChI is InChI=1S/C30H36F2N8/c1-6-38-15-23-9-8-22(38)16-39(23)18(4)20-7-10-27(33-13-20)36-30-34-14-25(32)28(37-30)21-11-24(31)29-26(12-21)40(17(2)3)19(5)35-29/h7,10-14,17-18,22-23H,6,8-9,15-16H2,1-5H3,(H,33,34,36,37)/t18-,22?,23?/m0/s1. The molecule has 3 aromatic heterocycles. The number of fused-ring (bicyclic) bond motifs is 4. The van der Waals surface area contributed by atoms with Gasteiger partial charge in [0.1, 0.15) is 22.9 Å². The van der Waals surface area contributed by atoms with Crippen molar-refractivity contribution in [3.05, 3.63) is 59.7 Å². The van der Waals surface area contributed by atoms with Crippen LogP contribution in [0.2, 0.25) is 0 Å². The molecule has 3 aliphatic heterocycles. The predicted octanol–water partition coefficient (Wildman–Crippen LogP) is 6.03. The van der Waals surface area contributed by atoms with Crippen LogP contribution in [0.25, 0.3) is 22.3 Å². The Hall–Kier alpha value is -3.50. The highest BCUT2D eigenvalue weighted by atomic mass is 19.1. The number of hydrogen-bond donors (Lipinski definition) is 1. The number of piperazine rings is 1. The highest BCUT2D eigenvalue weighted by Gasteiger charge is 2.40. The van der Waals surface area contributed by atoms with Crippen LogP contribution >= 0.6 is 0 Å². The van der Waals surface area contributed by atoms with Gasteiger partial charge in [0, 0.05) is 49.0 Å². The molecule has 0 saturated carbocycles. The third kappa shape index (κ3) is 4.73. The number of aryl methyl sites for hydroxylation is 1. The molecule has 210 valence electrons. The minimum Gasteiger partial charge on any atom is -0.326 e. The molecule has 3 fully saturated rings. The van der Waals surface area contributed by atoms with Crippen LogP contribution in [0, 0.1) is 18.6 Å². The summed E-state index contributed by atoms with van der Waals surface area (Å²) < 4.78 is 31.8. The molecule has 7 rings (SSSR count). The number of imidazole rings is 1. The second-order valence-corrected chi connectivity index (χ2v) is 11.3. The highest BCUT2D eigenvalue weighted by molar-refractivity contribution is 5.83. The van der Waals surface area contributed by atoms with Crippen molar-refractivity contribution in [3.8, 4) is 11.3 Å². The van der Waals surface area contributed by atoms with Gasteiger partial charge in [-0.25, -0.2) is 28.7 Å². The summed E-state index contributed by atoms with van der Waals surface area (Å²) >= 11 is 0. The quantitative estimate of drug-likeness (QED) is 0.303. The van der Waals surface area contributed by atoms with Gasteiger partial charge in [0.05, 0.1) is 11.7 Å². The summed E-state index contributed by atoms with van der Waals surface area (Å²) in [5.74, 6) is 0.295. The molecule has 2 bridgehead atoms. The van der Waals surface area contributed by atoms with E-state index < -0.39 is 11.6 Å². The molecule has 1 aromatic carbocycles. The maximum absolute atomic E-state index is 15.0. The Morgan fingerprint density at radius 1 is 0.975 bits per heavy atom. The number of pyridine rings is 1. The molecule has 2 unspecified atom stereocenters. The largest absolute Gasteiger partial charge is 0.326 e. The van der Waals surface area contributed by atoms with Crippen molar-refractivity contribution in [2.24, 2.45) is 0 Å². The monoisotopic (exact) mass is 546 g/mol. The zero-order chi connectivity index (χ0) is 28.1. The first-order chi connectivity index (χ1) is 19.2. The van der Waals surface area contributed by atoms with Crippen LogP contribution in [0.4, 0.5) is 20.5 Å². The van der Waals surface area contributed by atoms with Gasteiger partial charge in [-0.3, -0.25) is 9.80 Å². The number of nitrogens with one attached hydrogen (secondary N) is 1. The van der Waals surface area contributed by atoms with E-state index in [2.05, 4.69) is 55.0 Å². The number of benzene rings is 1. The average Bonchev–Trinajstić information content (AvgIpc) is 3.30. The van der Waals surface area contributed by atoms with E-state index in [9.17, 15) is 4.39 Å². The number of halogens is 2. The number of aromatic nitrogens is 5. The molecule has 40 heavy (non-hydrogen) atoms. The van der Waals surface area contributed by atoms with Gasteiger partial charge >= 0.3 is 0 Å². The molecule has 0 amide bonds. The van der Waals surface area contributed by atoms with Crippen molar-refractivity contribution in [3.63, 3.8) is 0 Å². The fourth-order valence-corrected chi connectivity index (χ4v) is 6.53. The molecule has 3 aliphatic rings. The highest BCUT2D eigenvalue weighted by Crippen LogP contribution is 2.35. The van der Waals surface area contributed by atoms with Crippen LogP contribution < -0.4 is 5.32 Å². The van der Waals surface area contributed by atoms with Gasteiger partial charge in [-0.1, -0.05) is 13.0 Å². The summed E-state index contributed by atoms with van der Waals surface area (Å²) in [6, 6.07) is 8.54. The van der Waals surface area contributed by atoms with Gasteiger partial charge in [-0.15, -0.1) is 0 Å². The molecule has 1 N–H and O–H groups in total. The van der Waals surface area contributed by atoms with Crippen molar-refractivity contribution >= 4 is 22.8 Å². The van der Waals surface area contributed by atoms with Gasteiger partial charge in [0.25, 0.3) is 0 Å². The Balaban J connectivity index is 1.22. The van der Waals surface area contributed by atoms with E-state index in [1.54, 1.807) is 6.07 Å². The topological polar surface area (TPSA) is 75.0 Å². The lowest BCUT2D eigenvalue weighted by Crippen LogP contribution is -2.62. The number of piperidine rings is 2. The maximum Gasteiger partial charge on any atom is 0.229 e. The Morgan fingerprint density at radius 2 is 1.77 bits per heavy atom. The lowest BCUT2D eigenvalue weighted by molar-refractivity contribution is -0.0377. The van der Waals surface area contributed by atoms with Crippen LogP contribution in [-0.4, -0.2) is 66.0 Å². The summed E-state index contributed by atoms with van der Waals surface area (Å²) in [6.07, 6.45) is 5.51. The van der Waals surface area contributed by atoms with Gasteiger partial charge in [-0.05, 0) is 70.8 Å². The third-order valence-corrected chi connectivity index (χ3v) is 8.56. The van der Waals surface area contributed by atoms with Crippen molar-refractivity contribution in [2.45, 2.75) is 71.6 Å². The van der Waals surface area contributed by atoms with Gasteiger partial charge in [0.2, 0.25) is 5.95 Å². The number of likely N-dealkylation sites (N-methyl/N-ethyl adjacent to an activating group) is 1. The number of rotatable bonds is 7. The van der Waals surface area contributed by atoms with E-state index in [0.29, 0.717) is 34.8 Å². The molecule has 3 atom stereocenters. The van der Waals surface area contributed by atoms with Gasteiger partial charge in [-0.2, -0.15) is 0 Å². The Morgan fingerprint density at radius 3 is 2.45 bits per heavy atom. The van der Waals surface area contributed by atoms with E-state index in [1.165, 1.54) is 18.9 Å². The molecule has 0 radical (unpaired) electrons. The van der Waals surface area contributed by atoms with E-state index in [1.807, 2.05) is 37.6 Å². The molecule has 0 aliphatic carbocycles. The van der Waals surface area contributed by atoms with Crippen molar-refractivity contribution in [1.29, 1.82) is 0 Å².